The zero-order valence-corrected chi connectivity index (χ0v) is 6.21. The Bertz CT molecular complexity index is 129. The second kappa shape index (κ2) is 3.10. The Morgan fingerprint density at radius 2 is 1.73 bits per heavy atom. The molecule has 0 aromatic rings. The Morgan fingerprint density at radius 3 is 2.27 bits per heavy atom. The molecule has 5 atom stereocenters. The highest BCUT2D eigenvalue weighted by molar-refractivity contribution is 6.12. The van der Waals surface area contributed by atoms with Gasteiger partial charge in [0.05, 0.1) is 20.1 Å². The minimum absolute atomic E-state index is 0.441. The lowest BCUT2D eigenvalue weighted by Gasteiger charge is -2.38. The number of aliphatic hydroxyl groups is 3. The van der Waals surface area contributed by atoms with E-state index in [2.05, 4.69) is 0 Å². The Hall–Kier alpha value is -0.0951. The summed E-state index contributed by atoms with van der Waals surface area (Å²) in [6, 6.07) is 0. The van der Waals surface area contributed by atoms with Gasteiger partial charge in [-0.25, -0.2) is 0 Å². The molecular weight excluding hydrogens is 147 g/mol. The summed E-state index contributed by atoms with van der Waals surface area (Å²) < 4.78 is 4.80. The molecule has 0 bridgehead atoms. The van der Waals surface area contributed by atoms with Crippen LogP contribution >= 0.6 is 0 Å². The van der Waals surface area contributed by atoms with Crippen molar-refractivity contribution >= 4 is 7.85 Å². The molecule has 0 aliphatic carbocycles. The van der Waals surface area contributed by atoms with Crippen molar-refractivity contribution in [1.82, 2.24) is 0 Å². The van der Waals surface area contributed by atoms with Crippen LogP contribution in [-0.2, 0) is 4.74 Å². The highest BCUT2D eigenvalue weighted by Gasteiger charge is 2.38. The van der Waals surface area contributed by atoms with Gasteiger partial charge in [-0.1, -0.05) is 0 Å². The van der Waals surface area contributed by atoms with Gasteiger partial charge in [-0.05, 0) is 12.7 Å². The van der Waals surface area contributed by atoms with Gasteiger partial charge in [0.2, 0.25) is 0 Å². The third-order valence-electron chi connectivity index (χ3n) is 1.93. The molecule has 2 radical (unpaired) electrons. The third-order valence-corrected chi connectivity index (χ3v) is 1.93. The van der Waals surface area contributed by atoms with Gasteiger partial charge in [0.25, 0.3) is 0 Å². The second-order valence-electron chi connectivity index (χ2n) is 2.79. The lowest BCUT2D eigenvalue weighted by atomic mass is 9.75. The maximum Gasteiger partial charge on any atom is 0.183 e. The zero-order chi connectivity index (χ0) is 8.59. The first-order chi connectivity index (χ1) is 5.04. The van der Waals surface area contributed by atoms with Gasteiger partial charge in [0.1, 0.15) is 6.10 Å². The van der Waals surface area contributed by atoms with Crippen molar-refractivity contribution in [3.05, 3.63) is 0 Å². The Balaban J connectivity index is 2.63. The fraction of sp³-hybridized carbons (Fsp3) is 1.00. The normalized spacial score (nSPS) is 52.5. The van der Waals surface area contributed by atoms with Crippen LogP contribution < -0.4 is 0 Å². The molecule has 11 heavy (non-hydrogen) atoms. The van der Waals surface area contributed by atoms with Crippen LogP contribution in [0.15, 0.2) is 0 Å². The van der Waals surface area contributed by atoms with Crippen molar-refractivity contribution in [1.29, 1.82) is 0 Å². The Labute approximate surface area is 66.2 Å². The summed E-state index contributed by atoms with van der Waals surface area (Å²) in [6.07, 6.45) is -4.20. The summed E-state index contributed by atoms with van der Waals surface area (Å²) in [5, 5.41) is 27.1. The number of aliphatic hydroxyl groups excluding tert-OH is 3. The van der Waals surface area contributed by atoms with Gasteiger partial charge >= 0.3 is 0 Å². The zero-order valence-electron chi connectivity index (χ0n) is 6.21. The number of ether oxygens (including phenoxy) is 1. The first kappa shape index (κ1) is 9.00. The average molecular weight is 158 g/mol. The molecule has 1 fully saturated rings. The van der Waals surface area contributed by atoms with Crippen LogP contribution in [-0.4, -0.2) is 47.8 Å². The predicted octanol–water partition coefficient (Wildman–Crippen LogP) is -1.60. The first-order valence-corrected chi connectivity index (χ1v) is 3.49. The SMILES string of the molecule is [B]C1C(C)OC(O)C(O)C1O. The monoisotopic (exact) mass is 158 g/mol. The lowest BCUT2D eigenvalue weighted by molar-refractivity contribution is -0.242. The molecule has 5 heteroatoms. The smallest absolute Gasteiger partial charge is 0.183 e. The quantitative estimate of drug-likeness (QED) is 0.371. The largest absolute Gasteiger partial charge is 0.391 e. The van der Waals surface area contributed by atoms with E-state index < -0.39 is 30.4 Å². The number of rotatable bonds is 0. The highest BCUT2D eigenvalue weighted by atomic mass is 16.6. The molecule has 1 aliphatic rings. The molecule has 0 amide bonds. The molecule has 1 rings (SSSR count). The van der Waals surface area contributed by atoms with E-state index in [4.69, 9.17) is 22.8 Å². The van der Waals surface area contributed by atoms with Gasteiger partial charge < -0.3 is 20.1 Å². The minimum Gasteiger partial charge on any atom is -0.391 e. The molecule has 62 valence electrons. The molecule has 0 spiro atoms. The summed E-state index contributed by atoms with van der Waals surface area (Å²) in [4.78, 5) is 0. The maximum atomic E-state index is 9.17. The van der Waals surface area contributed by atoms with Crippen molar-refractivity contribution in [3.8, 4) is 0 Å². The van der Waals surface area contributed by atoms with E-state index in [1.807, 2.05) is 0 Å². The molecule has 0 aromatic carbocycles. The number of hydrogen-bond acceptors (Lipinski definition) is 4. The van der Waals surface area contributed by atoms with E-state index in [0.717, 1.165) is 0 Å². The van der Waals surface area contributed by atoms with Crippen LogP contribution in [0.4, 0.5) is 0 Å². The predicted molar refractivity (Wildman–Crippen MR) is 38.1 cm³/mol. The fourth-order valence-electron chi connectivity index (χ4n) is 1.07. The highest BCUT2D eigenvalue weighted by Crippen LogP contribution is 2.26. The molecule has 1 heterocycles. The van der Waals surface area contributed by atoms with Crippen molar-refractivity contribution in [3.63, 3.8) is 0 Å². The topological polar surface area (TPSA) is 69.9 Å². The van der Waals surface area contributed by atoms with Crippen molar-refractivity contribution in [2.24, 2.45) is 0 Å². The van der Waals surface area contributed by atoms with E-state index >= 15 is 0 Å². The fourth-order valence-corrected chi connectivity index (χ4v) is 1.07. The van der Waals surface area contributed by atoms with Gasteiger partial charge in [-0.15, -0.1) is 0 Å². The van der Waals surface area contributed by atoms with Crippen LogP contribution in [0, 0.1) is 0 Å². The summed E-state index contributed by atoms with van der Waals surface area (Å²) in [5.74, 6) is -0.645. The van der Waals surface area contributed by atoms with Gasteiger partial charge in [0.15, 0.2) is 6.29 Å². The van der Waals surface area contributed by atoms with Gasteiger partial charge in [0, 0.05) is 0 Å². The van der Waals surface area contributed by atoms with Gasteiger partial charge in [-0.3, -0.25) is 0 Å². The molecule has 0 aromatic heterocycles. The minimum atomic E-state index is -1.33. The summed E-state index contributed by atoms with van der Waals surface area (Å²) >= 11 is 0. The molecule has 4 nitrogen and oxygen atoms in total. The summed E-state index contributed by atoms with van der Waals surface area (Å²) in [5.41, 5.74) is 0. The second-order valence-corrected chi connectivity index (χ2v) is 2.79. The Kier molecular flexibility index (Phi) is 2.54. The van der Waals surface area contributed by atoms with Gasteiger partial charge in [-0.2, -0.15) is 0 Å². The molecule has 0 saturated carbocycles. The van der Waals surface area contributed by atoms with Crippen LogP contribution in [0.2, 0.25) is 5.82 Å². The van der Waals surface area contributed by atoms with E-state index in [1.165, 1.54) is 0 Å². The molecule has 1 aliphatic heterocycles. The van der Waals surface area contributed by atoms with E-state index in [0.29, 0.717) is 0 Å². The first-order valence-electron chi connectivity index (χ1n) is 3.49. The standard InChI is InChI=1S/C6H11BO4/c1-2-3(7)4(8)5(9)6(10)11-2/h2-6,8-10H,1H3. The lowest BCUT2D eigenvalue weighted by Crippen LogP contribution is -2.51. The van der Waals surface area contributed by atoms with Crippen molar-refractivity contribution in [2.75, 3.05) is 0 Å². The van der Waals surface area contributed by atoms with E-state index in [9.17, 15) is 5.11 Å². The Morgan fingerprint density at radius 1 is 1.18 bits per heavy atom. The van der Waals surface area contributed by atoms with Crippen LogP contribution in [0.25, 0.3) is 0 Å². The molecule has 3 N–H and O–H groups in total. The van der Waals surface area contributed by atoms with Crippen molar-refractivity contribution in [2.45, 2.75) is 37.3 Å². The third kappa shape index (κ3) is 1.56. The van der Waals surface area contributed by atoms with Crippen LogP contribution in [0.3, 0.4) is 0 Å². The molecule has 5 unspecified atom stereocenters. The summed E-state index contributed by atoms with van der Waals surface area (Å²) in [7, 11) is 5.43. The van der Waals surface area contributed by atoms with Crippen LogP contribution in [0.1, 0.15) is 6.92 Å². The average Bonchev–Trinajstić information content (AvgIpc) is 1.97. The van der Waals surface area contributed by atoms with E-state index in [-0.39, 0.29) is 0 Å². The van der Waals surface area contributed by atoms with E-state index in [1.54, 1.807) is 6.92 Å². The number of hydrogen-bond donors (Lipinski definition) is 3. The van der Waals surface area contributed by atoms with Crippen molar-refractivity contribution < 1.29 is 20.1 Å². The summed E-state index contributed by atoms with van der Waals surface area (Å²) in [6.45, 7) is 1.63. The van der Waals surface area contributed by atoms with Crippen LogP contribution in [0.5, 0.6) is 0 Å². The maximum absolute atomic E-state index is 9.17. The molecular formula is C6H11BO4. The molecule has 1 saturated heterocycles.